The van der Waals surface area contributed by atoms with E-state index in [9.17, 15) is 18.0 Å². The number of carbonyl (C=O) groups is 2. The van der Waals surface area contributed by atoms with Crippen molar-refractivity contribution in [2.75, 3.05) is 17.9 Å². The quantitative estimate of drug-likeness (QED) is 0.889. The molecule has 1 aliphatic rings. The molecule has 0 radical (unpaired) electrons. The van der Waals surface area contributed by atoms with Crippen LogP contribution in [0.15, 0.2) is 23.1 Å². The molecule has 1 aliphatic heterocycles. The van der Waals surface area contributed by atoms with Crippen LogP contribution < -0.4 is 0 Å². The summed E-state index contributed by atoms with van der Waals surface area (Å²) >= 11 is 1.36. The highest BCUT2D eigenvalue weighted by molar-refractivity contribution is 7.99. The van der Waals surface area contributed by atoms with Crippen molar-refractivity contribution in [2.24, 2.45) is 0 Å². The Hall–Kier alpha value is -1.54. The van der Waals surface area contributed by atoms with Crippen molar-refractivity contribution in [3.63, 3.8) is 0 Å². The van der Waals surface area contributed by atoms with Gasteiger partial charge in [-0.05, 0) is 24.6 Å². The summed E-state index contributed by atoms with van der Waals surface area (Å²) in [6.45, 7) is 1.69. The fourth-order valence-corrected chi connectivity index (χ4v) is 3.86. The maximum Gasteiger partial charge on any atom is 0.327 e. The lowest BCUT2D eigenvalue weighted by molar-refractivity contribution is -0.140. The Balaban J connectivity index is 2.41. The van der Waals surface area contributed by atoms with Crippen molar-refractivity contribution in [1.82, 2.24) is 4.90 Å². The predicted octanol–water partition coefficient (Wildman–Crippen LogP) is 0.998. The summed E-state index contributed by atoms with van der Waals surface area (Å²) in [5.41, 5.74) is 0.847. The van der Waals surface area contributed by atoms with Gasteiger partial charge in [-0.2, -0.15) is 0 Å². The zero-order chi connectivity index (χ0) is 15.8. The molecule has 0 aliphatic carbocycles. The lowest BCUT2D eigenvalue weighted by Crippen LogP contribution is -2.42. The van der Waals surface area contributed by atoms with Gasteiger partial charge in [0.2, 0.25) is 0 Å². The van der Waals surface area contributed by atoms with E-state index in [0.29, 0.717) is 17.2 Å². The summed E-state index contributed by atoms with van der Waals surface area (Å²) < 4.78 is 23.2. The first-order valence-electron chi connectivity index (χ1n) is 6.14. The lowest BCUT2D eigenvalue weighted by Gasteiger charge is -2.21. The van der Waals surface area contributed by atoms with Crippen LogP contribution in [-0.4, -0.2) is 54.2 Å². The second kappa shape index (κ2) is 5.69. The van der Waals surface area contributed by atoms with E-state index in [0.717, 1.165) is 6.26 Å². The monoisotopic (exact) mass is 329 g/mol. The third-order valence-electron chi connectivity index (χ3n) is 3.30. The fourth-order valence-electron chi connectivity index (χ4n) is 2.06. The zero-order valence-corrected chi connectivity index (χ0v) is 13.2. The Labute approximate surface area is 127 Å². The van der Waals surface area contributed by atoms with Crippen molar-refractivity contribution in [2.45, 2.75) is 17.9 Å². The number of carbonyl (C=O) groups excluding carboxylic acids is 1. The van der Waals surface area contributed by atoms with Crippen molar-refractivity contribution >= 4 is 33.5 Å². The van der Waals surface area contributed by atoms with Crippen LogP contribution in [0.5, 0.6) is 0 Å². The Morgan fingerprint density at radius 2 is 2.05 bits per heavy atom. The Morgan fingerprint density at radius 3 is 2.62 bits per heavy atom. The maximum atomic E-state index is 12.5. The number of hydrogen-bond donors (Lipinski definition) is 1. The summed E-state index contributed by atoms with van der Waals surface area (Å²) in [5, 5.41) is 9.13. The van der Waals surface area contributed by atoms with Crippen molar-refractivity contribution in [1.29, 1.82) is 0 Å². The van der Waals surface area contributed by atoms with Crippen LogP contribution in [0.3, 0.4) is 0 Å². The van der Waals surface area contributed by atoms with Crippen molar-refractivity contribution in [3.05, 3.63) is 29.3 Å². The number of aryl methyl sites for hydroxylation is 1. The molecule has 1 fully saturated rings. The minimum atomic E-state index is -3.42. The van der Waals surface area contributed by atoms with Crippen LogP contribution in [0.4, 0.5) is 0 Å². The van der Waals surface area contributed by atoms with Gasteiger partial charge in [0, 0.05) is 17.6 Å². The van der Waals surface area contributed by atoms with E-state index in [1.165, 1.54) is 28.8 Å². The topological polar surface area (TPSA) is 91.8 Å². The third kappa shape index (κ3) is 3.21. The molecule has 1 saturated heterocycles. The molecule has 0 spiro atoms. The van der Waals surface area contributed by atoms with Crippen molar-refractivity contribution < 1.29 is 23.1 Å². The van der Waals surface area contributed by atoms with Gasteiger partial charge in [0.25, 0.3) is 5.91 Å². The molecule has 0 unspecified atom stereocenters. The molecule has 1 heterocycles. The summed E-state index contributed by atoms with van der Waals surface area (Å²) in [7, 11) is -3.42. The molecule has 21 heavy (non-hydrogen) atoms. The van der Waals surface area contributed by atoms with Gasteiger partial charge in [-0.25, -0.2) is 13.2 Å². The minimum absolute atomic E-state index is 0.0511. The van der Waals surface area contributed by atoms with E-state index in [2.05, 4.69) is 0 Å². The second-order valence-corrected chi connectivity index (χ2v) is 7.89. The van der Waals surface area contributed by atoms with E-state index >= 15 is 0 Å². The molecule has 6 nitrogen and oxygen atoms in total. The lowest BCUT2D eigenvalue weighted by atomic mass is 10.1. The first-order valence-corrected chi connectivity index (χ1v) is 9.18. The van der Waals surface area contributed by atoms with Crippen LogP contribution >= 0.6 is 11.8 Å². The molecule has 1 atom stereocenters. The number of hydrogen-bond acceptors (Lipinski definition) is 5. The maximum absolute atomic E-state index is 12.5. The number of sulfone groups is 1. The molecule has 8 heteroatoms. The number of amides is 1. The number of nitrogens with zero attached hydrogens (tertiary/aromatic N) is 1. The van der Waals surface area contributed by atoms with E-state index in [4.69, 9.17) is 5.11 Å². The Morgan fingerprint density at radius 1 is 1.38 bits per heavy atom. The first kappa shape index (κ1) is 15.8. The second-order valence-electron chi connectivity index (χ2n) is 4.88. The van der Waals surface area contributed by atoms with Crippen molar-refractivity contribution in [3.8, 4) is 0 Å². The van der Waals surface area contributed by atoms with Crippen LogP contribution in [0.1, 0.15) is 15.9 Å². The molecular formula is C13H15NO5S2. The molecule has 0 saturated carbocycles. The zero-order valence-electron chi connectivity index (χ0n) is 11.6. The number of rotatable bonds is 3. The van der Waals surface area contributed by atoms with E-state index in [1.54, 1.807) is 13.0 Å². The minimum Gasteiger partial charge on any atom is -0.480 e. The van der Waals surface area contributed by atoms with Gasteiger partial charge in [0.15, 0.2) is 9.84 Å². The average Bonchev–Trinajstić information content (AvgIpc) is 2.86. The molecular weight excluding hydrogens is 314 g/mol. The normalized spacial score (nSPS) is 18.8. The summed E-state index contributed by atoms with van der Waals surface area (Å²) in [4.78, 5) is 25.0. The number of benzene rings is 1. The summed E-state index contributed by atoms with van der Waals surface area (Å²) in [6, 6.07) is 3.44. The van der Waals surface area contributed by atoms with Crippen LogP contribution in [0.2, 0.25) is 0 Å². The molecule has 1 N–H and O–H groups in total. The Kier molecular flexibility index (Phi) is 4.29. The molecule has 1 aromatic carbocycles. The van der Waals surface area contributed by atoms with E-state index < -0.39 is 27.8 Å². The smallest absolute Gasteiger partial charge is 0.327 e. The van der Waals surface area contributed by atoms with Gasteiger partial charge in [-0.15, -0.1) is 11.8 Å². The molecule has 0 bridgehead atoms. The number of thioether (sulfide) groups is 1. The molecule has 0 aromatic heterocycles. The van der Waals surface area contributed by atoms with Crippen LogP contribution in [-0.2, 0) is 14.6 Å². The number of aliphatic carboxylic acids is 1. The third-order valence-corrected chi connectivity index (χ3v) is 5.42. The molecule has 1 amide bonds. The van der Waals surface area contributed by atoms with Gasteiger partial charge in [0.1, 0.15) is 6.04 Å². The SMILES string of the molecule is Cc1ccc(S(C)(=O)=O)cc1C(=O)N1CSC[C@H]1C(=O)O. The van der Waals surface area contributed by atoms with Gasteiger partial charge < -0.3 is 10.0 Å². The van der Waals surface area contributed by atoms with E-state index in [-0.39, 0.29) is 10.5 Å². The molecule has 2 rings (SSSR count). The van der Waals surface area contributed by atoms with Gasteiger partial charge in [-0.1, -0.05) is 6.07 Å². The van der Waals surface area contributed by atoms with Crippen LogP contribution in [0.25, 0.3) is 0 Å². The number of carboxylic acid groups (broad SMARTS) is 1. The highest BCUT2D eigenvalue weighted by atomic mass is 32.2. The highest BCUT2D eigenvalue weighted by Gasteiger charge is 2.35. The largest absolute Gasteiger partial charge is 0.480 e. The molecule has 114 valence electrons. The standard InChI is InChI=1S/C13H15NO5S2/c1-8-3-4-9(21(2,18)19)5-10(8)12(15)14-7-20-6-11(14)13(16)17/h3-5,11H,6-7H2,1-2H3,(H,16,17)/t11-/m0/s1. The van der Waals surface area contributed by atoms with Gasteiger partial charge in [-0.3, -0.25) is 4.79 Å². The van der Waals surface area contributed by atoms with E-state index in [1.807, 2.05) is 0 Å². The van der Waals surface area contributed by atoms with Crippen LogP contribution in [0, 0.1) is 6.92 Å². The fraction of sp³-hybridized carbons (Fsp3) is 0.385. The Bertz CT molecular complexity index is 699. The van der Waals surface area contributed by atoms with Gasteiger partial charge in [0.05, 0.1) is 10.8 Å². The summed E-state index contributed by atoms with van der Waals surface area (Å²) in [5.74, 6) is -0.870. The number of carboxylic acids is 1. The predicted molar refractivity (Wildman–Crippen MR) is 79.2 cm³/mol. The highest BCUT2D eigenvalue weighted by Crippen LogP contribution is 2.25. The summed E-state index contributed by atoms with van der Waals surface area (Å²) in [6.07, 6.45) is 1.07. The van der Waals surface area contributed by atoms with Gasteiger partial charge >= 0.3 is 5.97 Å². The average molecular weight is 329 g/mol. The molecule has 1 aromatic rings. The first-order chi connectivity index (χ1) is 9.71.